The third kappa shape index (κ3) is 3.77. The van der Waals surface area contributed by atoms with Gasteiger partial charge in [0.05, 0.1) is 15.5 Å². The summed E-state index contributed by atoms with van der Waals surface area (Å²) in [5.41, 5.74) is 1.32. The third-order valence-electron chi connectivity index (χ3n) is 3.25. The van der Waals surface area contributed by atoms with Crippen molar-refractivity contribution in [1.82, 2.24) is 5.32 Å². The molecule has 0 bridgehead atoms. The maximum absolute atomic E-state index is 12.9. The fourth-order valence-corrected chi connectivity index (χ4v) is 2.25. The Labute approximate surface area is 126 Å². The van der Waals surface area contributed by atoms with Gasteiger partial charge in [-0.2, -0.15) is 0 Å². The molecule has 0 aromatic heterocycles. The smallest absolute Gasteiger partial charge is 0.275 e. The lowest BCUT2D eigenvalue weighted by atomic mass is 10.1. The van der Waals surface area contributed by atoms with Crippen LogP contribution < -0.4 is 5.32 Å². The van der Waals surface area contributed by atoms with E-state index < -0.39 is 4.92 Å². The third-order valence-corrected chi connectivity index (χ3v) is 3.60. The number of nitro benzene ring substituents is 1. The Balaban J connectivity index is 2.13. The van der Waals surface area contributed by atoms with Gasteiger partial charge in [-0.25, -0.2) is 4.39 Å². The molecule has 0 saturated carbocycles. The number of halogens is 2. The first-order chi connectivity index (χ1) is 9.99. The summed E-state index contributed by atoms with van der Waals surface area (Å²) >= 11 is 6.03. The Bertz CT molecular complexity index is 647. The van der Waals surface area contributed by atoms with Crippen LogP contribution in [0.5, 0.6) is 0 Å². The van der Waals surface area contributed by atoms with Crippen LogP contribution >= 0.6 is 11.6 Å². The monoisotopic (exact) mass is 308 g/mol. The van der Waals surface area contributed by atoms with Crippen molar-refractivity contribution < 1.29 is 9.31 Å². The Morgan fingerprint density at radius 3 is 2.57 bits per heavy atom. The van der Waals surface area contributed by atoms with Crippen LogP contribution in [0.3, 0.4) is 0 Å². The largest absolute Gasteiger partial charge is 0.306 e. The van der Waals surface area contributed by atoms with E-state index in [4.69, 9.17) is 11.6 Å². The van der Waals surface area contributed by atoms with Crippen molar-refractivity contribution in [3.63, 3.8) is 0 Å². The first-order valence-electron chi connectivity index (χ1n) is 6.39. The van der Waals surface area contributed by atoms with Gasteiger partial charge < -0.3 is 5.32 Å². The number of nitro groups is 1. The highest BCUT2D eigenvalue weighted by Crippen LogP contribution is 2.26. The van der Waals surface area contributed by atoms with Crippen molar-refractivity contribution in [1.29, 1.82) is 0 Å². The van der Waals surface area contributed by atoms with Crippen LogP contribution in [0.4, 0.5) is 10.1 Å². The van der Waals surface area contributed by atoms with E-state index >= 15 is 0 Å². The fourth-order valence-electron chi connectivity index (χ4n) is 2.02. The molecule has 2 rings (SSSR count). The molecule has 0 aliphatic rings. The van der Waals surface area contributed by atoms with Crippen LogP contribution in [0.2, 0.25) is 5.02 Å². The lowest BCUT2D eigenvalue weighted by Crippen LogP contribution is -2.19. The SMILES string of the molecule is C[C@H](NCc1c(Cl)cccc1[N+](=O)[O-])c1ccc(F)cc1. The summed E-state index contributed by atoms with van der Waals surface area (Å²) in [7, 11) is 0. The number of benzene rings is 2. The highest BCUT2D eigenvalue weighted by atomic mass is 35.5. The zero-order valence-electron chi connectivity index (χ0n) is 11.3. The molecular formula is C15H14ClFN2O2. The van der Waals surface area contributed by atoms with Crippen molar-refractivity contribution in [2.24, 2.45) is 0 Å². The van der Waals surface area contributed by atoms with Crippen LogP contribution in [-0.4, -0.2) is 4.92 Å². The normalized spacial score (nSPS) is 12.1. The van der Waals surface area contributed by atoms with E-state index in [0.717, 1.165) is 5.56 Å². The highest BCUT2D eigenvalue weighted by Gasteiger charge is 2.17. The molecule has 2 aromatic carbocycles. The summed E-state index contributed by atoms with van der Waals surface area (Å²) in [5, 5.41) is 14.5. The molecule has 1 atom stereocenters. The van der Waals surface area contributed by atoms with Gasteiger partial charge in [-0.05, 0) is 30.7 Å². The van der Waals surface area contributed by atoms with Crippen molar-refractivity contribution >= 4 is 17.3 Å². The number of nitrogens with zero attached hydrogens (tertiary/aromatic N) is 1. The second kappa shape index (κ2) is 6.65. The summed E-state index contributed by atoms with van der Waals surface area (Å²) in [4.78, 5) is 10.6. The standard InChI is InChI=1S/C15H14ClFN2O2/c1-10(11-5-7-12(17)8-6-11)18-9-13-14(16)3-2-4-15(13)19(20)21/h2-8,10,18H,9H2,1H3/t10-/m0/s1. The summed E-state index contributed by atoms with van der Waals surface area (Å²) in [6.07, 6.45) is 0. The average Bonchev–Trinajstić information content (AvgIpc) is 2.46. The molecular weight excluding hydrogens is 295 g/mol. The van der Waals surface area contributed by atoms with Gasteiger partial charge in [0, 0.05) is 18.7 Å². The molecule has 0 fully saturated rings. The van der Waals surface area contributed by atoms with Gasteiger partial charge in [-0.15, -0.1) is 0 Å². The minimum atomic E-state index is -0.453. The quantitative estimate of drug-likeness (QED) is 0.664. The number of hydrogen-bond donors (Lipinski definition) is 1. The summed E-state index contributed by atoms with van der Waals surface area (Å²) in [6, 6.07) is 10.6. The van der Waals surface area contributed by atoms with Gasteiger partial charge >= 0.3 is 0 Å². The minimum absolute atomic E-state index is 0.0127. The summed E-state index contributed by atoms with van der Waals surface area (Å²) < 4.78 is 12.9. The van der Waals surface area contributed by atoms with E-state index in [0.29, 0.717) is 10.6 Å². The molecule has 6 heteroatoms. The van der Waals surface area contributed by atoms with E-state index in [2.05, 4.69) is 5.32 Å². The molecule has 110 valence electrons. The molecule has 21 heavy (non-hydrogen) atoms. The van der Waals surface area contributed by atoms with Gasteiger partial charge in [0.25, 0.3) is 5.69 Å². The topological polar surface area (TPSA) is 55.2 Å². The molecule has 0 unspecified atom stereocenters. The van der Waals surface area contributed by atoms with Crippen molar-refractivity contribution in [3.05, 3.63) is 74.5 Å². The van der Waals surface area contributed by atoms with Gasteiger partial charge in [-0.1, -0.05) is 29.8 Å². The molecule has 0 amide bonds. The molecule has 0 aliphatic heterocycles. The van der Waals surface area contributed by atoms with Crippen LogP contribution in [0.15, 0.2) is 42.5 Å². The molecule has 0 aliphatic carbocycles. The second-order valence-corrected chi connectivity index (χ2v) is 5.06. The van der Waals surface area contributed by atoms with Gasteiger partial charge in [0.15, 0.2) is 0 Å². The van der Waals surface area contributed by atoms with Crippen LogP contribution in [0, 0.1) is 15.9 Å². The van der Waals surface area contributed by atoms with E-state index in [1.165, 1.54) is 18.2 Å². The molecule has 0 heterocycles. The first kappa shape index (κ1) is 15.4. The van der Waals surface area contributed by atoms with Gasteiger partial charge in [0.1, 0.15) is 5.82 Å². The zero-order valence-corrected chi connectivity index (χ0v) is 12.1. The molecule has 0 spiro atoms. The van der Waals surface area contributed by atoms with E-state index in [1.807, 2.05) is 6.92 Å². The number of rotatable bonds is 5. The Kier molecular flexibility index (Phi) is 4.88. The summed E-state index contributed by atoms with van der Waals surface area (Å²) in [5.74, 6) is -0.298. The van der Waals surface area contributed by atoms with Crippen molar-refractivity contribution in [2.75, 3.05) is 0 Å². The van der Waals surface area contributed by atoms with Gasteiger partial charge in [0.2, 0.25) is 0 Å². The maximum atomic E-state index is 12.9. The van der Waals surface area contributed by atoms with E-state index in [-0.39, 0.29) is 24.1 Å². The molecule has 0 saturated heterocycles. The fraction of sp³-hybridized carbons (Fsp3) is 0.200. The lowest BCUT2D eigenvalue weighted by molar-refractivity contribution is -0.385. The first-order valence-corrected chi connectivity index (χ1v) is 6.77. The molecule has 4 nitrogen and oxygen atoms in total. The van der Waals surface area contributed by atoms with Crippen LogP contribution in [0.25, 0.3) is 0 Å². The predicted molar refractivity (Wildman–Crippen MR) is 79.8 cm³/mol. The Morgan fingerprint density at radius 2 is 1.95 bits per heavy atom. The molecule has 1 N–H and O–H groups in total. The summed E-state index contributed by atoms with van der Waals surface area (Å²) in [6.45, 7) is 2.16. The van der Waals surface area contributed by atoms with E-state index in [1.54, 1.807) is 24.3 Å². The Hall–Kier alpha value is -1.98. The number of hydrogen-bond acceptors (Lipinski definition) is 3. The van der Waals surface area contributed by atoms with Crippen molar-refractivity contribution in [2.45, 2.75) is 19.5 Å². The van der Waals surface area contributed by atoms with Crippen LogP contribution in [0.1, 0.15) is 24.1 Å². The maximum Gasteiger partial charge on any atom is 0.275 e. The van der Waals surface area contributed by atoms with E-state index in [9.17, 15) is 14.5 Å². The molecule has 0 radical (unpaired) electrons. The average molecular weight is 309 g/mol. The Morgan fingerprint density at radius 1 is 1.29 bits per heavy atom. The predicted octanol–water partition coefficient (Wildman–Crippen LogP) is 4.24. The molecule has 2 aromatic rings. The lowest BCUT2D eigenvalue weighted by Gasteiger charge is -2.15. The minimum Gasteiger partial charge on any atom is -0.306 e. The zero-order chi connectivity index (χ0) is 15.4. The highest BCUT2D eigenvalue weighted by molar-refractivity contribution is 6.31. The van der Waals surface area contributed by atoms with Crippen molar-refractivity contribution in [3.8, 4) is 0 Å². The second-order valence-electron chi connectivity index (χ2n) is 4.65. The van der Waals surface area contributed by atoms with Gasteiger partial charge in [-0.3, -0.25) is 10.1 Å². The number of nitrogens with one attached hydrogen (secondary N) is 1. The van der Waals surface area contributed by atoms with Crippen LogP contribution in [-0.2, 0) is 6.54 Å².